The average Bonchev–Trinajstić information content (AvgIpc) is 2.55. The first-order valence-corrected chi connectivity index (χ1v) is 7.76. The van der Waals surface area contributed by atoms with Crippen molar-refractivity contribution in [2.24, 2.45) is 4.99 Å². The summed E-state index contributed by atoms with van der Waals surface area (Å²) in [5.41, 5.74) is 1.11. The van der Waals surface area contributed by atoms with Gasteiger partial charge in [0.1, 0.15) is 11.5 Å². The Morgan fingerprint density at radius 2 is 1.62 bits per heavy atom. The minimum absolute atomic E-state index is 0.512. The van der Waals surface area contributed by atoms with Crippen LogP contribution in [0.3, 0.4) is 0 Å². The molecule has 1 saturated carbocycles. The second-order valence-corrected chi connectivity index (χ2v) is 5.56. The van der Waals surface area contributed by atoms with Crippen molar-refractivity contribution in [2.75, 3.05) is 0 Å². The zero-order valence-electron chi connectivity index (χ0n) is 12.2. The fourth-order valence-corrected chi connectivity index (χ4v) is 2.70. The molecule has 2 aromatic rings. The molecule has 0 aromatic heterocycles. The van der Waals surface area contributed by atoms with E-state index in [1.807, 2.05) is 54.7 Å². The lowest BCUT2D eigenvalue weighted by atomic mass is 9.96. The second-order valence-electron chi connectivity index (χ2n) is 5.56. The van der Waals surface area contributed by atoms with E-state index in [9.17, 15) is 0 Å². The van der Waals surface area contributed by atoms with Crippen molar-refractivity contribution in [2.45, 2.75) is 38.1 Å². The van der Waals surface area contributed by atoms with Crippen molar-refractivity contribution in [1.29, 1.82) is 0 Å². The predicted octanol–water partition coefficient (Wildman–Crippen LogP) is 5.23. The fourth-order valence-electron chi connectivity index (χ4n) is 2.70. The van der Waals surface area contributed by atoms with Crippen LogP contribution in [0.1, 0.15) is 37.7 Å². The molecule has 1 fully saturated rings. The summed E-state index contributed by atoms with van der Waals surface area (Å²) in [6.07, 6.45) is 8.46. The van der Waals surface area contributed by atoms with Crippen LogP contribution in [-0.2, 0) is 0 Å². The molecule has 3 rings (SSSR count). The first-order valence-electron chi connectivity index (χ1n) is 7.76. The highest BCUT2D eigenvalue weighted by Gasteiger charge is 2.10. The molecule has 0 heterocycles. The Bertz CT molecular complexity index is 586. The molecule has 0 amide bonds. The second kappa shape index (κ2) is 7.07. The molecule has 0 bridgehead atoms. The SMILES string of the molecule is C(=N\C1CCCCC1)/c1cccc(Oc2ccccc2)c1. The Labute approximate surface area is 126 Å². The van der Waals surface area contributed by atoms with Gasteiger partial charge in [0.05, 0.1) is 0 Å². The molecule has 0 spiro atoms. The number of hydrogen-bond donors (Lipinski definition) is 0. The molecule has 0 unspecified atom stereocenters. The highest BCUT2D eigenvalue weighted by molar-refractivity contribution is 5.80. The van der Waals surface area contributed by atoms with Crippen LogP contribution in [0, 0.1) is 0 Å². The van der Waals surface area contributed by atoms with Gasteiger partial charge in [-0.1, -0.05) is 49.6 Å². The Morgan fingerprint density at radius 1 is 0.857 bits per heavy atom. The monoisotopic (exact) mass is 279 g/mol. The molecule has 0 radical (unpaired) electrons. The van der Waals surface area contributed by atoms with Gasteiger partial charge in [-0.2, -0.15) is 0 Å². The fraction of sp³-hybridized carbons (Fsp3) is 0.316. The van der Waals surface area contributed by atoms with Crippen LogP contribution in [0.25, 0.3) is 0 Å². The van der Waals surface area contributed by atoms with Crippen molar-refractivity contribution in [3.05, 3.63) is 60.2 Å². The molecule has 2 nitrogen and oxygen atoms in total. The largest absolute Gasteiger partial charge is 0.457 e. The van der Waals surface area contributed by atoms with Gasteiger partial charge in [0.2, 0.25) is 0 Å². The molecular weight excluding hydrogens is 258 g/mol. The smallest absolute Gasteiger partial charge is 0.128 e. The Hall–Kier alpha value is -2.09. The van der Waals surface area contributed by atoms with Gasteiger partial charge in [-0.15, -0.1) is 0 Å². The Kier molecular flexibility index (Phi) is 4.67. The molecule has 0 saturated heterocycles. The third kappa shape index (κ3) is 4.19. The number of benzene rings is 2. The van der Waals surface area contributed by atoms with Crippen LogP contribution < -0.4 is 4.74 Å². The normalized spacial score (nSPS) is 16.2. The zero-order valence-corrected chi connectivity index (χ0v) is 12.2. The summed E-state index contributed by atoms with van der Waals surface area (Å²) in [4.78, 5) is 4.72. The van der Waals surface area contributed by atoms with Crippen LogP contribution in [0.15, 0.2) is 59.6 Å². The molecule has 0 atom stereocenters. The molecule has 2 aromatic carbocycles. The molecule has 0 aliphatic heterocycles. The summed E-state index contributed by atoms with van der Waals surface area (Å²) in [6, 6.07) is 18.5. The maximum atomic E-state index is 5.85. The van der Waals surface area contributed by atoms with E-state index in [0.717, 1.165) is 17.1 Å². The number of para-hydroxylation sites is 1. The topological polar surface area (TPSA) is 21.6 Å². The van der Waals surface area contributed by atoms with E-state index < -0.39 is 0 Å². The third-order valence-corrected chi connectivity index (χ3v) is 3.85. The van der Waals surface area contributed by atoms with Crippen molar-refractivity contribution in [1.82, 2.24) is 0 Å². The summed E-state index contributed by atoms with van der Waals surface area (Å²) < 4.78 is 5.85. The van der Waals surface area contributed by atoms with E-state index in [0.29, 0.717) is 6.04 Å². The highest BCUT2D eigenvalue weighted by Crippen LogP contribution is 2.22. The van der Waals surface area contributed by atoms with Gasteiger partial charge < -0.3 is 4.74 Å². The summed E-state index contributed by atoms with van der Waals surface area (Å²) in [7, 11) is 0. The summed E-state index contributed by atoms with van der Waals surface area (Å²) in [5, 5.41) is 0. The lowest BCUT2D eigenvalue weighted by molar-refractivity contribution is 0.444. The lowest BCUT2D eigenvalue weighted by Gasteiger charge is -2.17. The molecule has 21 heavy (non-hydrogen) atoms. The van der Waals surface area contributed by atoms with Gasteiger partial charge in [0.25, 0.3) is 0 Å². The van der Waals surface area contributed by atoms with Gasteiger partial charge in [-0.05, 0) is 42.7 Å². The van der Waals surface area contributed by atoms with Gasteiger partial charge in [0.15, 0.2) is 0 Å². The number of aliphatic imine (C=N–C) groups is 1. The number of nitrogens with zero attached hydrogens (tertiary/aromatic N) is 1. The van der Waals surface area contributed by atoms with Crippen LogP contribution in [-0.4, -0.2) is 12.3 Å². The maximum Gasteiger partial charge on any atom is 0.128 e. The summed E-state index contributed by atoms with van der Waals surface area (Å²) in [6.45, 7) is 0. The van der Waals surface area contributed by atoms with E-state index in [2.05, 4.69) is 6.07 Å². The molecular formula is C19H21NO. The van der Waals surface area contributed by atoms with Gasteiger partial charge in [0, 0.05) is 12.3 Å². The number of ether oxygens (including phenoxy) is 1. The third-order valence-electron chi connectivity index (χ3n) is 3.85. The van der Waals surface area contributed by atoms with Crippen LogP contribution >= 0.6 is 0 Å². The maximum absolute atomic E-state index is 5.85. The van der Waals surface area contributed by atoms with Gasteiger partial charge in [-0.3, -0.25) is 4.99 Å². The van der Waals surface area contributed by atoms with E-state index in [1.54, 1.807) is 0 Å². The Balaban J connectivity index is 1.66. The first-order chi connectivity index (χ1) is 10.4. The Morgan fingerprint density at radius 3 is 2.43 bits per heavy atom. The van der Waals surface area contributed by atoms with E-state index in [-0.39, 0.29) is 0 Å². The standard InChI is InChI=1S/C19H21NO/c1-3-9-17(10-4-1)20-15-16-8-7-13-19(14-16)21-18-11-5-2-6-12-18/h2,5-8,11-15,17H,1,3-4,9-10H2/b20-15+. The van der Waals surface area contributed by atoms with E-state index in [1.165, 1.54) is 32.1 Å². The predicted molar refractivity (Wildman–Crippen MR) is 87.4 cm³/mol. The van der Waals surface area contributed by atoms with E-state index >= 15 is 0 Å². The highest BCUT2D eigenvalue weighted by atomic mass is 16.5. The van der Waals surface area contributed by atoms with Gasteiger partial charge in [-0.25, -0.2) is 0 Å². The molecule has 2 heteroatoms. The van der Waals surface area contributed by atoms with Gasteiger partial charge >= 0.3 is 0 Å². The molecule has 1 aliphatic rings. The van der Waals surface area contributed by atoms with Crippen LogP contribution in [0.2, 0.25) is 0 Å². The summed E-state index contributed by atoms with van der Waals surface area (Å²) in [5.74, 6) is 1.72. The zero-order chi connectivity index (χ0) is 14.3. The minimum Gasteiger partial charge on any atom is -0.457 e. The lowest BCUT2D eigenvalue weighted by Crippen LogP contribution is -2.09. The number of hydrogen-bond acceptors (Lipinski definition) is 2. The summed E-state index contributed by atoms with van der Waals surface area (Å²) >= 11 is 0. The first kappa shape index (κ1) is 13.9. The van der Waals surface area contributed by atoms with Crippen LogP contribution in [0.4, 0.5) is 0 Å². The van der Waals surface area contributed by atoms with Crippen molar-refractivity contribution < 1.29 is 4.74 Å². The quantitative estimate of drug-likeness (QED) is 0.702. The van der Waals surface area contributed by atoms with Crippen molar-refractivity contribution in [3.8, 4) is 11.5 Å². The molecule has 108 valence electrons. The average molecular weight is 279 g/mol. The number of rotatable bonds is 4. The van der Waals surface area contributed by atoms with Crippen LogP contribution in [0.5, 0.6) is 11.5 Å². The minimum atomic E-state index is 0.512. The molecule has 1 aliphatic carbocycles. The van der Waals surface area contributed by atoms with Crippen molar-refractivity contribution in [3.63, 3.8) is 0 Å². The van der Waals surface area contributed by atoms with E-state index in [4.69, 9.17) is 9.73 Å². The van der Waals surface area contributed by atoms with Crippen molar-refractivity contribution >= 4 is 6.21 Å². The molecule has 0 N–H and O–H groups in total.